The standard InChI is InChI=1S/C25H23ClN4O3/c1-4-21(31)23-22(16-8-6-5-7-9-16)20-14-17(26)10-11-19(20)24(32)29(23)15-18-12-13-30(27-18)25(33)28(2)3/h5-14H,4,15H2,1-3H3. The number of rotatable bonds is 5. The third-order valence-electron chi connectivity index (χ3n) is 5.42. The Balaban J connectivity index is 2.01. The van der Waals surface area contributed by atoms with Crippen molar-refractivity contribution in [2.24, 2.45) is 0 Å². The first-order chi connectivity index (χ1) is 15.8. The Morgan fingerprint density at radius 1 is 1.03 bits per heavy atom. The number of nitrogens with zero attached hydrogens (tertiary/aromatic N) is 4. The van der Waals surface area contributed by atoms with Crippen LogP contribution in [0.1, 0.15) is 29.5 Å². The van der Waals surface area contributed by atoms with Crippen molar-refractivity contribution < 1.29 is 9.59 Å². The molecule has 0 spiro atoms. The lowest BCUT2D eigenvalue weighted by Crippen LogP contribution is -2.29. The summed E-state index contributed by atoms with van der Waals surface area (Å²) in [5, 5.41) is 5.88. The minimum absolute atomic E-state index is 0.0476. The number of aromatic nitrogens is 3. The van der Waals surface area contributed by atoms with Crippen LogP contribution in [0.25, 0.3) is 21.9 Å². The third kappa shape index (κ3) is 4.19. The maximum absolute atomic E-state index is 13.6. The van der Waals surface area contributed by atoms with E-state index in [2.05, 4.69) is 5.10 Å². The Bertz CT molecular complexity index is 1420. The van der Waals surface area contributed by atoms with E-state index in [4.69, 9.17) is 11.6 Å². The fourth-order valence-corrected chi connectivity index (χ4v) is 4.02. The second-order valence-electron chi connectivity index (χ2n) is 7.88. The number of pyridine rings is 1. The molecule has 0 saturated heterocycles. The van der Waals surface area contributed by atoms with Gasteiger partial charge in [-0.3, -0.25) is 14.2 Å². The average molecular weight is 463 g/mol. The fourth-order valence-electron chi connectivity index (χ4n) is 3.84. The Kier molecular flexibility index (Phi) is 6.16. The first-order valence-electron chi connectivity index (χ1n) is 10.5. The van der Waals surface area contributed by atoms with Crippen molar-refractivity contribution in [1.29, 1.82) is 0 Å². The van der Waals surface area contributed by atoms with Crippen molar-refractivity contribution in [2.75, 3.05) is 14.1 Å². The van der Waals surface area contributed by atoms with Gasteiger partial charge in [-0.2, -0.15) is 9.78 Å². The lowest BCUT2D eigenvalue weighted by molar-refractivity contribution is 0.0979. The van der Waals surface area contributed by atoms with Crippen LogP contribution in [0, 0.1) is 0 Å². The van der Waals surface area contributed by atoms with Gasteiger partial charge in [-0.25, -0.2) is 4.79 Å². The van der Waals surface area contributed by atoms with Gasteiger partial charge < -0.3 is 4.90 Å². The maximum atomic E-state index is 13.6. The van der Waals surface area contributed by atoms with Crippen molar-refractivity contribution in [1.82, 2.24) is 19.2 Å². The van der Waals surface area contributed by atoms with Gasteiger partial charge >= 0.3 is 6.03 Å². The molecule has 0 aliphatic heterocycles. The summed E-state index contributed by atoms with van der Waals surface area (Å²) in [5.74, 6) is -0.170. The molecule has 0 aliphatic rings. The second-order valence-corrected chi connectivity index (χ2v) is 8.31. The molecule has 0 atom stereocenters. The van der Waals surface area contributed by atoms with E-state index in [1.807, 2.05) is 30.3 Å². The van der Waals surface area contributed by atoms with Gasteiger partial charge in [-0.05, 0) is 35.2 Å². The number of benzene rings is 2. The van der Waals surface area contributed by atoms with Gasteiger partial charge in [0, 0.05) is 42.7 Å². The number of carbonyl (C=O) groups excluding carboxylic acids is 2. The zero-order valence-electron chi connectivity index (χ0n) is 18.6. The smallest absolute Gasteiger partial charge is 0.329 e. The number of hydrogen-bond donors (Lipinski definition) is 0. The molecule has 2 heterocycles. The molecule has 8 heteroatoms. The zero-order valence-corrected chi connectivity index (χ0v) is 19.3. The minimum Gasteiger partial charge on any atom is -0.329 e. The Labute approximate surface area is 195 Å². The zero-order chi connectivity index (χ0) is 23.7. The van der Waals surface area contributed by atoms with Crippen molar-refractivity contribution >= 4 is 34.2 Å². The van der Waals surface area contributed by atoms with Gasteiger partial charge in [0.2, 0.25) is 0 Å². The molecule has 2 aromatic heterocycles. The minimum atomic E-state index is -0.313. The van der Waals surface area contributed by atoms with Crippen LogP contribution in [0.4, 0.5) is 4.79 Å². The summed E-state index contributed by atoms with van der Waals surface area (Å²) >= 11 is 6.28. The molecule has 0 aliphatic carbocycles. The topological polar surface area (TPSA) is 77.2 Å². The SMILES string of the molecule is CCC(=O)c1c(-c2ccccc2)c2cc(Cl)ccc2c(=O)n1Cc1ccn(C(=O)N(C)C)n1. The van der Waals surface area contributed by atoms with Crippen molar-refractivity contribution in [3.05, 3.63) is 87.6 Å². The molecule has 0 saturated carbocycles. The monoisotopic (exact) mass is 462 g/mol. The van der Waals surface area contributed by atoms with Crippen LogP contribution in [-0.4, -0.2) is 45.2 Å². The summed E-state index contributed by atoms with van der Waals surface area (Å²) in [6, 6.07) is 15.9. The molecule has 33 heavy (non-hydrogen) atoms. The van der Waals surface area contributed by atoms with Crippen LogP contribution in [0.15, 0.2) is 65.6 Å². The number of halogens is 1. The van der Waals surface area contributed by atoms with E-state index in [1.165, 1.54) is 14.1 Å². The molecule has 4 aromatic rings. The van der Waals surface area contributed by atoms with Gasteiger partial charge in [0.05, 0.1) is 17.9 Å². The normalized spacial score (nSPS) is 11.0. The maximum Gasteiger partial charge on any atom is 0.344 e. The summed E-state index contributed by atoms with van der Waals surface area (Å²) in [4.78, 5) is 40.4. The van der Waals surface area contributed by atoms with Crippen LogP contribution in [0.3, 0.4) is 0 Å². The molecule has 0 radical (unpaired) electrons. The quantitative estimate of drug-likeness (QED) is 0.403. The molecule has 0 N–H and O–H groups in total. The third-order valence-corrected chi connectivity index (χ3v) is 5.66. The van der Waals surface area contributed by atoms with Crippen LogP contribution in [-0.2, 0) is 6.54 Å². The summed E-state index contributed by atoms with van der Waals surface area (Å²) in [5.41, 5.74) is 1.94. The summed E-state index contributed by atoms with van der Waals surface area (Å²) in [7, 11) is 3.26. The Morgan fingerprint density at radius 3 is 2.42 bits per heavy atom. The van der Waals surface area contributed by atoms with E-state index < -0.39 is 0 Å². The van der Waals surface area contributed by atoms with Crippen LogP contribution >= 0.6 is 11.6 Å². The summed E-state index contributed by atoms with van der Waals surface area (Å²) in [6.45, 7) is 1.81. The highest BCUT2D eigenvalue weighted by atomic mass is 35.5. The van der Waals surface area contributed by atoms with Crippen LogP contribution in [0.5, 0.6) is 0 Å². The van der Waals surface area contributed by atoms with Crippen molar-refractivity contribution in [3.63, 3.8) is 0 Å². The molecular formula is C25H23ClN4O3. The molecule has 1 amide bonds. The molecule has 2 aromatic carbocycles. The van der Waals surface area contributed by atoms with E-state index in [1.54, 1.807) is 51.5 Å². The van der Waals surface area contributed by atoms with Gasteiger partial charge in [0.15, 0.2) is 5.78 Å². The average Bonchev–Trinajstić information content (AvgIpc) is 3.28. The number of amides is 1. The lowest BCUT2D eigenvalue weighted by Gasteiger charge is -2.19. The van der Waals surface area contributed by atoms with Crippen LogP contribution in [0.2, 0.25) is 5.02 Å². The fraction of sp³-hybridized carbons (Fsp3) is 0.200. The van der Waals surface area contributed by atoms with E-state index in [0.29, 0.717) is 32.7 Å². The largest absolute Gasteiger partial charge is 0.344 e. The molecule has 168 valence electrons. The number of ketones is 1. The highest BCUT2D eigenvalue weighted by Crippen LogP contribution is 2.33. The lowest BCUT2D eigenvalue weighted by atomic mass is 9.94. The predicted octanol–water partition coefficient (Wildman–Crippen LogP) is 4.69. The van der Waals surface area contributed by atoms with Gasteiger partial charge in [0.25, 0.3) is 5.56 Å². The summed E-state index contributed by atoms with van der Waals surface area (Å²) < 4.78 is 2.66. The highest BCUT2D eigenvalue weighted by Gasteiger charge is 2.23. The number of Topliss-reactive ketones (excluding diaryl/α,β-unsaturated/α-hetero) is 1. The van der Waals surface area contributed by atoms with Gasteiger partial charge in [-0.15, -0.1) is 0 Å². The second kappa shape index (κ2) is 9.03. The molecule has 4 rings (SSSR count). The first-order valence-corrected chi connectivity index (χ1v) is 10.9. The number of carbonyl (C=O) groups is 2. The van der Waals surface area contributed by atoms with Gasteiger partial charge in [-0.1, -0.05) is 48.9 Å². The van der Waals surface area contributed by atoms with E-state index >= 15 is 0 Å². The molecule has 7 nitrogen and oxygen atoms in total. The number of hydrogen-bond acceptors (Lipinski definition) is 4. The Morgan fingerprint density at radius 2 is 1.76 bits per heavy atom. The highest BCUT2D eigenvalue weighted by molar-refractivity contribution is 6.31. The van der Waals surface area contributed by atoms with E-state index in [0.717, 1.165) is 5.56 Å². The van der Waals surface area contributed by atoms with E-state index in [9.17, 15) is 14.4 Å². The first kappa shape index (κ1) is 22.5. The van der Waals surface area contributed by atoms with E-state index in [-0.39, 0.29) is 30.3 Å². The van der Waals surface area contributed by atoms with Crippen molar-refractivity contribution in [3.8, 4) is 11.1 Å². The van der Waals surface area contributed by atoms with Gasteiger partial charge in [0.1, 0.15) is 0 Å². The Hall–Kier alpha value is -3.71. The molecule has 0 fully saturated rings. The molecule has 0 unspecified atom stereocenters. The van der Waals surface area contributed by atoms with Crippen molar-refractivity contribution in [2.45, 2.75) is 19.9 Å². The predicted molar refractivity (Wildman–Crippen MR) is 129 cm³/mol. The van der Waals surface area contributed by atoms with Crippen LogP contribution < -0.4 is 5.56 Å². The summed E-state index contributed by atoms with van der Waals surface area (Å²) in [6.07, 6.45) is 1.77. The molecule has 0 bridgehead atoms. The molecular weight excluding hydrogens is 440 g/mol. The number of fused-ring (bicyclic) bond motifs is 1.